The maximum absolute atomic E-state index is 13.1. The van der Waals surface area contributed by atoms with Crippen LogP contribution < -0.4 is 9.47 Å². The lowest BCUT2D eigenvalue weighted by atomic mass is 9.95. The molecule has 2 aromatic rings. The molecule has 1 aromatic heterocycles. The molecule has 0 spiro atoms. The second-order valence-electron chi connectivity index (χ2n) is 8.27. The maximum Gasteiger partial charge on any atom is 0.295 e. The highest BCUT2D eigenvalue weighted by molar-refractivity contribution is 6.46. The molecule has 0 saturated carbocycles. The second kappa shape index (κ2) is 12.9. The molecule has 8 nitrogen and oxygen atoms in total. The zero-order chi connectivity index (χ0) is 25.2. The minimum atomic E-state index is -0.770. The van der Waals surface area contributed by atoms with E-state index in [0.29, 0.717) is 55.4 Å². The van der Waals surface area contributed by atoms with Crippen molar-refractivity contribution in [1.82, 2.24) is 9.88 Å². The number of aliphatic hydroxyl groups is 1. The number of hydrogen-bond donors (Lipinski definition) is 1. The lowest BCUT2D eigenvalue weighted by molar-refractivity contribution is -0.140. The van der Waals surface area contributed by atoms with Gasteiger partial charge in [0.25, 0.3) is 11.7 Å². The molecule has 2 heterocycles. The van der Waals surface area contributed by atoms with E-state index in [2.05, 4.69) is 11.9 Å². The van der Waals surface area contributed by atoms with E-state index in [1.165, 1.54) is 17.3 Å². The number of hydrogen-bond acceptors (Lipinski definition) is 7. The molecule has 1 N–H and O–H groups in total. The van der Waals surface area contributed by atoms with E-state index in [9.17, 15) is 14.7 Å². The molecule has 35 heavy (non-hydrogen) atoms. The molecule has 1 amide bonds. The van der Waals surface area contributed by atoms with Gasteiger partial charge in [-0.25, -0.2) is 0 Å². The van der Waals surface area contributed by atoms with E-state index in [1.54, 1.807) is 31.4 Å². The number of carbonyl (C=O) groups is 2. The Hall–Kier alpha value is -3.39. The van der Waals surface area contributed by atoms with Crippen molar-refractivity contribution < 1.29 is 28.9 Å². The molecule has 1 aromatic carbocycles. The number of carbonyl (C=O) groups excluding carboxylic acids is 2. The van der Waals surface area contributed by atoms with Gasteiger partial charge in [0, 0.05) is 38.2 Å². The highest BCUT2D eigenvalue weighted by Crippen LogP contribution is 2.42. The Morgan fingerprint density at radius 3 is 2.46 bits per heavy atom. The van der Waals surface area contributed by atoms with Gasteiger partial charge in [0.2, 0.25) is 0 Å². The third kappa shape index (κ3) is 6.19. The van der Waals surface area contributed by atoms with Gasteiger partial charge in [0.15, 0.2) is 11.5 Å². The van der Waals surface area contributed by atoms with Gasteiger partial charge in [-0.2, -0.15) is 0 Å². The van der Waals surface area contributed by atoms with Crippen LogP contribution in [0.25, 0.3) is 5.76 Å². The summed E-state index contributed by atoms with van der Waals surface area (Å²) in [5.41, 5.74) is 1.11. The summed E-state index contributed by atoms with van der Waals surface area (Å²) in [5, 5.41) is 11.1. The molecule has 0 aliphatic carbocycles. The molecule has 8 heteroatoms. The first-order valence-corrected chi connectivity index (χ1v) is 12.1. The number of likely N-dealkylation sites (tertiary alicyclic amines) is 1. The molecule has 0 radical (unpaired) electrons. The first kappa shape index (κ1) is 26.2. The van der Waals surface area contributed by atoms with Crippen LogP contribution in [0.4, 0.5) is 0 Å². The van der Waals surface area contributed by atoms with Gasteiger partial charge in [-0.15, -0.1) is 0 Å². The van der Waals surface area contributed by atoms with Crippen LogP contribution in [0.5, 0.6) is 11.5 Å². The smallest absolute Gasteiger partial charge is 0.295 e. The van der Waals surface area contributed by atoms with Gasteiger partial charge in [0.1, 0.15) is 5.76 Å². The molecule has 3 rings (SSSR count). The summed E-state index contributed by atoms with van der Waals surface area (Å²) in [7, 11) is 1.59. The SMILES string of the molecule is CCCCCOc1ccc(C2C(=C(O)c3ccncc3)C(=O)C(=O)N2CCCOC)cc1OCC. The number of ketones is 1. The van der Waals surface area contributed by atoms with Crippen LogP contribution in [0.15, 0.2) is 48.3 Å². The van der Waals surface area contributed by atoms with Crippen molar-refractivity contribution in [3.8, 4) is 11.5 Å². The van der Waals surface area contributed by atoms with Gasteiger partial charge >= 0.3 is 0 Å². The quantitative estimate of drug-likeness (QED) is 0.194. The zero-order valence-electron chi connectivity index (χ0n) is 20.7. The fourth-order valence-corrected chi connectivity index (χ4v) is 4.12. The monoisotopic (exact) mass is 482 g/mol. The molecule has 1 aliphatic rings. The fraction of sp³-hybridized carbons (Fsp3) is 0.444. The predicted molar refractivity (Wildman–Crippen MR) is 132 cm³/mol. The third-order valence-corrected chi connectivity index (χ3v) is 5.83. The molecule has 1 aliphatic heterocycles. The van der Waals surface area contributed by atoms with Crippen molar-refractivity contribution in [2.75, 3.05) is 33.5 Å². The number of unbranched alkanes of at least 4 members (excludes halogenated alkanes) is 2. The van der Waals surface area contributed by atoms with Crippen LogP contribution in [0.2, 0.25) is 0 Å². The van der Waals surface area contributed by atoms with Crippen molar-refractivity contribution in [2.24, 2.45) is 0 Å². The van der Waals surface area contributed by atoms with E-state index in [1.807, 2.05) is 13.0 Å². The van der Waals surface area contributed by atoms with Gasteiger partial charge < -0.3 is 24.2 Å². The molecule has 188 valence electrons. The Bertz CT molecular complexity index is 1040. The third-order valence-electron chi connectivity index (χ3n) is 5.83. The molecule has 1 unspecified atom stereocenters. The van der Waals surface area contributed by atoms with Crippen LogP contribution in [-0.2, 0) is 14.3 Å². The standard InChI is InChI=1S/C27H34N2O6/c1-4-6-7-17-35-21-10-9-20(18-22(21)34-5-2)24-23(25(30)19-11-13-28-14-12-19)26(31)27(32)29(24)15-8-16-33-3/h9-14,18,24,30H,4-8,15-17H2,1-3H3. The lowest BCUT2D eigenvalue weighted by Gasteiger charge is -2.26. The Balaban J connectivity index is 2.05. The first-order chi connectivity index (χ1) is 17.0. The Morgan fingerprint density at radius 2 is 1.77 bits per heavy atom. The normalized spacial score (nSPS) is 17.1. The first-order valence-electron chi connectivity index (χ1n) is 12.1. The highest BCUT2D eigenvalue weighted by Gasteiger charge is 2.46. The summed E-state index contributed by atoms with van der Waals surface area (Å²) < 4.78 is 16.9. The van der Waals surface area contributed by atoms with Crippen LogP contribution in [-0.4, -0.2) is 60.2 Å². The van der Waals surface area contributed by atoms with E-state index in [-0.39, 0.29) is 11.3 Å². The maximum atomic E-state index is 13.1. The number of ether oxygens (including phenoxy) is 3. The van der Waals surface area contributed by atoms with Gasteiger partial charge in [-0.1, -0.05) is 25.8 Å². The van der Waals surface area contributed by atoms with Gasteiger partial charge in [-0.3, -0.25) is 14.6 Å². The van der Waals surface area contributed by atoms with E-state index in [4.69, 9.17) is 14.2 Å². The summed E-state index contributed by atoms with van der Waals surface area (Å²) in [6, 6.07) is 7.84. The number of pyridine rings is 1. The summed E-state index contributed by atoms with van der Waals surface area (Å²) in [5.74, 6) is -0.466. The Morgan fingerprint density at radius 1 is 1.00 bits per heavy atom. The number of aliphatic hydroxyl groups excluding tert-OH is 1. The van der Waals surface area contributed by atoms with Crippen molar-refractivity contribution in [3.05, 3.63) is 59.4 Å². The molecule has 1 saturated heterocycles. The summed E-state index contributed by atoms with van der Waals surface area (Å²) >= 11 is 0. The van der Waals surface area contributed by atoms with Crippen molar-refractivity contribution in [3.63, 3.8) is 0 Å². The number of rotatable bonds is 13. The number of amides is 1. The van der Waals surface area contributed by atoms with Crippen LogP contribution >= 0.6 is 0 Å². The molecular weight excluding hydrogens is 448 g/mol. The number of benzene rings is 1. The highest BCUT2D eigenvalue weighted by atomic mass is 16.5. The van der Waals surface area contributed by atoms with Crippen LogP contribution in [0, 0.1) is 0 Å². The van der Waals surface area contributed by atoms with Crippen LogP contribution in [0.1, 0.15) is 56.7 Å². The number of aromatic nitrogens is 1. The van der Waals surface area contributed by atoms with Gasteiger partial charge in [0.05, 0.1) is 24.8 Å². The summed E-state index contributed by atoms with van der Waals surface area (Å²) in [6.07, 6.45) is 6.71. The summed E-state index contributed by atoms with van der Waals surface area (Å²) in [6.45, 7) is 5.76. The Labute approximate surface area is 206 Å². The Kier molecular flexibility index (Phi) is 9.66. The average Bonchev–Trinajstić information content (AvgIpc) is 3.13. The van der Waals surface area contributed by atoms with Crippen molar-refractivity contribution in [2.45, 2.75) is 45.6 Å². The lowest BCUT2D eigenvalue weighted by Crippen LogP contribution is -2.31. The molecule has 1 fully saturated rings. The second-order valence-corrected chi connectivity index (χ2v) is 8.27. The topological polar surface area (TPSA) is 98.2 Å². The average molecular weight is 483 g/mol. The zero-order valence-corrected chi connectivity index (χ0v) is 20.7. The van der Waals surface area contributed by atoms with E-state index in [0.717, 1.165) is 19.3 Å². The van der Waals surface area contributed by atoms with E-state index >= 15 is 0 Å². The molecule has 0 bridgehead atoms. The van der Waals surface area contributed by atoms with Crippen molar-refractivity contribution in [1.29, 1.82) is 0 Å². The summed E-state index contributed by atoms with van der Waals surface area (Å²) in [4.78, 5) is 31.6. The largest absolute Gasteiger partial charge is 0.507 e. The van der Waals surface area contributed by atoms with E-state index < -0.39 is 17.7 Å². The predicted octanol–water partition coefficient (Wildman–Crippen LogP) is 4.51. The van der Waals surface area contributed by atoms with Gasteiger partial charge in [-0.05, 0) is 49.6 Å². The molecular formula is C27H34N2O6. The minimum Gasteiger partial charge on any atom is -0.507 e. The number of nitrogens with zero attached hydrogens (tertiary/aromatic N) is 2. The number of methoxy groups -OCH3 is 1. The fourth-order valence-electron chi connectivity index (χ4n) is 4.12. The van der Waals surface area contributed by atoms with Crippen molar-refractivity contribution >= 4 is 17.4 Å². The molecule has 1 atom stereocenters. The minimum absolute atomic E-state index is 0.0395. The number of Topliss-reactive ketones (excluding diaryl/α,β-unsaturated/α-hetero) is 1. The van der Waals surface area contributed by atoms with Crippen LogP contribution in [0.3, 0.4) is 0 Å².